The summed E-state index contributed by atoms with van der Waals surface area (Å²) in [4.78, 5) is 0. The lowest BCUT2D eigenvalue weighted by Gasteiger charge is -2.01. The largest absolute Gasteiger partial charge is 0.330 e. The van der Waals surface area contributed by atoms with Gasteiger partial charge in [0, 0.05) is 6.54 Å². The van der Waals surface area contributed by atoms with Gasteiger partial charge in [-0.25, -0.2) is 4.39 Å². The molecule has 1 aromatic carbocycles. The molecular weight excluding hydrogens is 181 g/mol. The fourth-order valence-corrected chi connectivity index (χ4v) is 1.49. The summed E-state index contributed by atoms with van der Waals surface area (Å²) in [7, 11) is 0. The molecule has 1 aromatic heterocycles. The first-order chi connectivity index (χ1) is 6.83. The van der Waals surface area contributed by atoms with Crippen molar-refractivity contribution in [2.45, 2.75) is 13.0 Å². The maximum Gasteiger partial charge on any atom is 0.134 e. The number of fused-ring (bicyclic) bond motifs is 1. The van der Waals surface area contributed by atoms with Crippen molar-refractivity contribution in [3.8, 4) is 0 Å². The van der Waals surface area contributed by atoms with Crippen LogP contribution in [-0.2, 0) is 6.54 Å². The Labute approximate surface area is 81.3 Å². The Balaban J connectivity index is 2.42. The molecule has 0 aliphatic heterocycles. The number of nitrogens with two attached hydrogens (primary N) is 1. The molecule has 1 heterocycles. The van der Waals surface area contributed by atoms with Gasteiger partial charge >= 0.3 is 0 Å². The lowest BCUT2D eigenvalue weighted by atomic mass is 10.2. The van der Waals surface area contributed by atoms with Gasteiger partial charge in [0.15, 0.2) is 0 Å². The molecule has 74 valence electrons. The molecule has 0 radical (unpaired) electrons. The Morgan fingerprint density at radius 2 is 2.29 bits per heavy atom. The van der Waals surface area contributed by atoms with E-state index in [1.807, 2.05) is 6.07 Å². The van der Waals surface area contributed by atoms with E-state index in [4.69, 9.17) is 5.73 Å². The van der Waals surface area contributed by atoms with Gasteiger partial charge in [0.1, 0.15) is 5.82 Å². The van der Waals surface area contributed by atoms with Crippen LogP contribution in [0.1, 0.15) is 6.42 Å². The summed E-state index contributed by atoms with van der Waals surface area (Å²) >= 11 is 0. The van der Waals surface area contributed by atoms with Crippen molar-refractivity contribution >= 4 is 10.9 Å². The minimum Gasteiger partial charge on any atom is -0.330 e. The van der Waals surface area contributed by atoms with Crippen LogP contribution in [0.4, 0.5) is 4.39 Å². The second-order valence-electron chi connectivity index (χ2n) is 3.18. The number of benzene rings is 1. The summed E-state index contributed by atoms with van der Waals surface area (Å²) in [5, 5.41) is 4.69. The van der Waals surface area contributed by atoms with Crippen molar-refractivity contribution < 1.29 is 4.39 Å². The van der Waals surface area contributed by atoms with Gasteiger partial charge in [-0.2, -0.15) is 5.10 Å². The normalized spacial score (nSPS) is 11.0. The third kappa shape index (κ3) is 1.48. The fraction of sp³-hybridized carbons (Fsp3) is 0.300. The van der Waals surface area contributed by atoms with Gasteiger partial charge in [0.05, 0.1) is 17.1 Å². The van der Waals surface area contributed by atoms with Crippen LogP contribution >= 0.6 is 0 Å². The number of hydrogen-bond donors (Lipinski definition) is 1. The van der Waals surface area contributed by atoms with Gasteiger partial charge in [-0.15, -0.1) is 0 Å². The predicted octanol–water partition coefficient (Wildman–Crippen LogP) is 1.52. The predicted molar refractivity (Wildman–Crippen MR) is 53.4 cm³/mol. The molecule has 0 amide bonds. The van der Waals surface area contributed by atoms with Crippen molar-refractivity contribution in [1.82, 2.24) is 9.78 Å². The highest BCUT2D eigenvalue weighted by molar-refractivity contribution is 5.79. The molecule has 3 nitrogen and oxygen atoms in total. The summed E-state index contributed by atoms with van der Waals surface area (Å²) in [6.07, 6.45) is 2.41. The van der Waals surface area contributed by atoms with Crippen molar-refractivity contribution in [2.24, 2.45) is 5.73 Å². The molecule has 0 bridgehead atoms. The number of hydrogen-bond acceptors (Lipinski definition) is 2. The van der Waals surface area contributed by atoms with Crippen LogP contribution in [0.5, 0.6) is 0 Å². The first kappa shape index (κ1) is 9.15. The second-order valence-corrected chi connectivity index (χ2v) is 3.18. The minimum absolute atomic E-state index is 0.221. The number of aryl methyl sites for hydroxylation is 1. The molecule has 0 saturated carbocycles. The fourth-order valence-electron chi connectivity index (χ4n) is 1.49. The first-order valence-electron chi connectivity index (χ1n) is 4.63. The van der Waals surface area contributed by atoms with Crippen molar-refractivity contribution in [1.29, 1.82) is 0 Å². The maximum absolute atomic E-state index is 13.2. The van der Waals surface area contributed by atoms with Crippen LogP contribution in [-0.4, -0.2) is 16.3 Å². The van der Waals surface area contributed by atoms with Gasteiger partial charge < -0.3 is 5.73 Å². The molecule has 0 unspecified atom stereocenters. The Morgan fingerprint density at radius 3 is 3.07 bits per heavy atom. The lowest BCUT2D eigenvalue weighted by molar-refractivity contribution is 0.602. The second kappa shape index (κ2) is 3.75. The molecule has 0 aliphatic rings. The first-order valence-corrected chi connectivity index (χ1v) is 4.63. The monoisotopic (exact) mass is 193 g/mol. The Kier molecular flexibility index (Phi) is 2.45. The summed E-state index contributed by atoms with van der Waals surface area (Å²) in [6.45, 7) is 1.36. The Bertz CT molecular complexity index is 436. The summed E-state index contributed by atoms with van der Waals surface area (Å²) in [6, 6.07) is 5.00. The molecule has 2 rings (SSSR count). The van der Waals surface area contributed by atoms with Crippen LogP contribution in [0.25, 0.3) is 10.9 Å². The number of rotatable bonds is 3. The third-order valence-electron chi connectivity index (χ3n) is 2.21. The van der Waals surface area contributed by atoms with Gasteiger partial charge in [0.2, 0.25) is 0 Å². The van der Waals surface area contributed by atoms with Gasteiger partial charge in [-0.3, -0.25) is 4.68 Å². The molecule has 0 saturated heterocycles. The average molecular weight is 193 g/mol. The zero-order chi connectivity index (χ0) is 9.97. The van der Waals surface area contributed by atoms with E-state index in [9.17, 15) is 4.39 Å². The van der Waals surface area contributed by atoms with Crippen molar-refractivity contribution in [2.75, 3.05) is 6.54 Å². The molecule has 4 heteroatoms. The smallest absolute Gasteiger partial charge is 0.134 e. The van der Waals surface area contributed by atoms with Crippen molar-refractivity contribution in [3.63, 3.8) is 0 Å². The zero-order valence-electron chi connectivity index (χ0n) is 7.78. The van der Waals surface area contributed by atoms with Crippen LogP contribution in [0.15, 0.2) is 24.4 Å². The van der Waals surface area contributed by atoms with E-state index >= 15 is 0 Å². The Hall–Kier alpha value is -1.42. The summed E-state index contributed by atoms with van der Waals surface area (Å²) in [5.74, 6) is -0.221. The quantitative estimate of drug-likeness (QED) is 0.803. The SMILES string of the molecule is NCCCn1ncc2c(F)cccc21. The van der Waals surface area contributed by atoms with Gasteiger partial charge in [-0.1, -0.05) is 6.07 Å². The summed E-state index contributed by atoms with van der Waals surface area (Å²) in [5.41, 5.74) is 6.24. The number of halogens is 1. The maximum atomic E-state index is 13.2. The topological polar surface area (TPSA) is 43.8 Å². The van der Waals surface area contributed by atoms with Crippen molar-refractivity contribution in [3.05, 3.63) is 30.2 Å². The molecule has 0 aliphatic carbocycles. The van der Waals surface area contributed by atoms with E-state index in [1.165, 1.54) is 6.07 Å². The Morgan fingerprint density at radius 1 is 1.43 bits per heavy atom. The standard InChI is InChI=1S/C10H12FN3/c11-9-3-1-4-10-8(9)7-13-14(10)6-2-5-12/h1,3-4,7H,2,5-6,12H2. The summed E-state index contributed by atoms with van der Waals surface area (Å²) < 4.78 is 15.0. The van der Waals surface area contributed by atoms with Crippen LogP contribution in [0, 0.1) is 5.82 Å². The number of nitrogens with zero attached hydrogens (tertiary/aromatic N) is 2. The van der Waals surface area contributed by atoms with E-state index < -0.39 is 0 Å². The molecule has 14 heavy (non-hydrogen) atoms. The minimum atomic E-state index is -0.221. The third-order valence-corrected chi connectivity index (χ3v) is 2.21. The van der Waals surface area contributed by atoms with E-state index in [1.54, 1.807) is 16.9 Å². The highest BCUT2D eigenvalue weighted by atomic mass is 19.1. The van der Waals surface area contributed by atoms with Gasteiger partial charge in [0.25, 0.3) is 0 Å². The molecular formula is C10H12FN3. The van der Waals surface area contributed by atoms with E-state index in [2.05, 4.69) is 5.10 Å². The highest BCUT2D eigenvalue weighted by Crippen LogP contribution is 2.16. The molecule has 2 N–H and O–H groups in total. The molecule has 0 fully saturated rings. The van der Waals surface area contributed by atoms with E-state index in [-0.39, 0.29) is 5.82 Å². The molecule has 2 aromatic rings. The van der Waals surface area contributed by atoms with Crippen LogP contribution < -0.4 is 5.73 Å². The highest BCUT2D eigenvalue weighted by Gasteiger charge is 2.05. The lowest BCUT2D eigenvalue weighted by Crippen LogP contribution is -2.06. The van der Waals surface area contributed by atoms with Crippen LogP contribution in [0.2, 0.25) is 0 Å². The molecule has 0 atom stereocenters. The average Bonchev–Trinajstić information content (AvgIpc) is 2.60. The molecule has 0 spiro atoms. The van der Waals surface area contributed by atoms with Gasteiger partial charge in [-0.05, 0) is 25.1 Å². The van der Waals surface area contributed by atoms with E-state index in [0.29, 0.717) is 11.9 Å². The van der Waals surface area contributed by atoms with E-state index in [0.717, 1.165) is 18.5 Å². The number of aromatic nitrogens is 2. The van der Waals surface area contributed by atoms with Crippen LogP contribution in [0.3, 0.4) is 0 Å². The zero-order valence-corrected chi connectivity index (χ0v) is 7.78.